The zero-order valence-electron chi connectivity index (χ0n) is 6.75. The summed E-state index contributed by atoms with van der Waals surface area (Å²) in [5, 5.41) is 0.460. The second-order valence-electron chi connectivity index (χ2n) is 3.27. The van der Waals surface area contributed by atoms with Crippen LogP contribution in [0.5, 0.6) is 0 Å². The van der Waals surface area contributed by atoms with E-state index < -0.39 is 0 Å². The second kappa shape index (κ2) is 2.33. The van der Waals surface area contributed by atoms with Gasteiger partial charge in [-0.15, -0.1) is 0 Å². The van der Waals surface area contributed by atoms with Gasteiger partial charge in [-0.3, -0.25) is 0 Å². The summed E-state index contributed by atoms with van der Waals surface area (Å²) in [7, 11) is 1.86. The predicted molar refractivity (Wildman–Crippen MR) is 45.2 cm³/mol. The fourth-order valence-corrected chi connectivity index (χ4v) is 1.87. The molecule has 1 aromatic rings. The molecule has 1 heterocycles. The molecule has 1 saturated carbocycles. The number of hydrogen-bond acceptors (Lipinski definition) is 2. The number of imidazole rings is 1. The van der Waals surface area contributed by atoms with Crippen LogP contribution in [0.1, 0.15) is 18.5 Å². The molecule has 0 amide bonds. The van der Waals surface area contributed by atoms with Crippen molar-refractivity contribution < 1.29 is 4.79 Å². The summed E-state index contributed by atoms with van der Waals surface area (Å²) in [5.74, 6) is 0. The Labute approximate surface area is 75.4 Å². The molecule has 12 heavy (non-hydrogen) atoms. The average Bonchev–Trinajstić information content (AvgIpc) is 2.77. The number of aromatic nitrogens is 2. The standard InChI is InChI=1S/C8H9ClN2O/c1-11-5-10-7(9)6(11)8(4-12)2-3-8/h4-5H,2-3H2,1H3. The van der Waals surface area contributed by atoms with Gasteiger partial charge in [0.2, 0.25) is 0 Å². The average molecular weight is 185 g/mol. The maximum Gasteiger partial charge on any atom is 0.151 e. The molecule has 0 unspecified atom stereocenters. The molecule has 1 aliphatic rings. The molecule has 1 aromatic heterocycles. The van der Waals surface area contributed by atoms with Gasteiger partial charge in [0.25, 0.3) is 0 Å². The highest BCUT2D eigenvalue weighted by Crippen LogP contribution is 2.48. The zero-order valence-corrected chi connectivity index (χ0v) is 7.51. The Kier molecular flexibility index (Phi) is 1.51. The molecule has 0 bridgehead atoms. The Morgan fingerprint density at radius 1 is 1.75 bits per heavy atom. The van der Waals surface area contributed by atoms with Crippen molar-refractivity contribution in [3.63, 3.8) is 0 Å². The number of carbonyl (C=O) groups is 1. The molecule has 2 rings (SSSR count). The molecule has 0 radical (unpaired) electrons. The molecule has 0 saturated heterocycles. The number of halogens is 1. The topological polar surface area (TPSA) is 34.9 Å². The quantitative estimate of drug-likeness (QED) is 0.650. The first kappa shape index (κ1) is 7.80. The minimum atomic E-state index is -0.317. The normalized spacial score (nSPS) is 19.2. The Morgan fingerprint density at radius 2 is 2.42 bits per heavy atom. The van der Waals surface area contributed by atoms with Gasteiger partial charge in [-0.25, -0.2) is 4.98 Å². The van der Waals surface area contributed by atoms with E-state index >= 15 is 0 Å². The van der Waals surface area contributed by atoms with Crippen LogP contribution in [-0.2, 0) is 17.3 Å². The van der Waals surface area contributed by atoms with Gasteiger partial charge in [0.15, 0.2) is 5.15 Å². The van der Waals surface area contributed by atoms with Gasteiger partial charge in [0, 0.05) is 7.05 Å². The van der Waals surface area contributed by atoms with Crippen LogP contribution < -0.4 is 0 Å². The lowest BCUT2D eigenvalue weighted by Crippen LogP contribution is -2.13. The van der Waals surface area contributed by atoms with Crippen LogP contribution in [0.25, 0.3) is 0 Å². The first-order chi connectivity index (χ1) is 5.69. The summed E-state index contributed by atoms with van der Waals surface area (Å²) < 4.78 is 1.82. The number of aldehydes is 1. The maximum absolute atomic E-state index is 10.8. The smallest absolute Gasteiger partial charge is 0.151 e. The lowest BCUT2D eigenvalue weighted by molar-refractivity contribution is -0.110. The Bertz CT molecular complexity index is 308. The zero-order chi connectivity index (χ0) is 8.77. The first-order valence-corrected chi connectivity index (χ1v) is 4.21. The molecule has 3 nitrogen and oxygen atoms in total. The molecule has 1 aliphatic carbocycles. The second-order valence-corrected chi connectivity index (χ2v) is 3.63. The van der Waals surface area contributed by atoms with Crippen molar-refractivity contribution in [1.29, 1.82) is 0 Å². The Balaban J connectivity index is 2.51. The summed E-state index contributed by atoms with van der Waals surface area (Å²) >= 11 is 5.86. The van der Waals surface area contributed by atoms with Gasteiger partial charge in [-0.2, -0.15) is 0 Å². The van der Waals surface area contributed by atoms with Gasteiger partial charge < -0.3 is 9.36 Å². The first-order valence-electron chi connectivity index (χ1n) is 3.83. The van der Waals surface area contributed by atoms with E-state index in [4.69, 9.17) is 11.6 Å². The minimum absolute atomic E-state index is 0.317. The molecule has 0 spiro atoms. The third kappa shape index (κ3) is 0.894. The predicted octanol–water partition coefficient (Wildman–Crippen LogP) is 1.30. The van der Waals surface area contributed by atoms with Crippen LogP contribution in [0.4, 0.5) is 0 Å². The molecule has 0 aliphatic heterocycles. The van der Waals surface area contributed by atoms with Crippen molar-refractivity contribution in [3.8, 4) is 0 Å². The number of nitrogens with zero attached hydrogens (tertiary/aromatic N) is 2. The van der Waals surface area contributed by atoms with Gasteiger partial charge in [0.05, 0.1) is 17.4 Å². The third-order valence-electron chi connectivity index (χ3n) is 2.38. The van der Waals surface area contributed by atoms with Gasteiger partial charge in [-0.05, 0) is 12.8 Å². The lowest BCUT2D eigenvalue weighted by atomic mass is 10.1. The van der Waals surface area contributed by atoms with Crippen LogP contribution >= 0.6 is 11.6 Å². The van der Waals surface area contributed by atoms with E-state index in [2.05, 4.69) is 4.98 Å². The molecule has 64 valence electrons. The summed E-state index contributed by atoms with van der Waals surface area (Å²) in [5.41, 5.74) is 0.543. The van der Waals surface area contributed by atoms with Gasteiger partial charge in [-0.1, -0.05) is 11.6 Å². The molecular formula is C8H9ClN2O. The number of hydrogen-bond donors (Lipinski definition) is 0. The number of rotatable bonds is 2. The van der Waals surface area contributed by atoms with E-state index in [0.29, 0.717) is 5.15 Å². The molecule has 1 fully saturated rings. The van der Waals surface area contributed by atoms with Crippen molar-refractivity contribution in [3.05, 3.63) is 17.2 Å². The Morgan fingerprint density at radius 3 is 2.75 bits per heavy atom. The highest BCUT2D eigenvalue weighted by Gasteiger charge is 2.48. The number of aryl methyl sites for hydroxylation is 1. The van der Waals surface area contributed by atoms with Crippen LogP contribution in [0.3, 0.4) is 0 Å². The van der Waals surface area contributed by atoms with E-state index in [1.807, 2.05) is 11.6 Å². The van der Waals surface area contributed by atoms with Crippen molar-refractivity contribution in [1.82, 2.24) is 9.55 Å². The summed E-state index contributed by atoms with van der Waals surface area (Å²) in [4.78, 5) is 14.7. The molecule has 0 N–H and O–H groups in total. The third-order valence-corrected chi connectivity index (χ3v) is 2.65. The van der Waals surface area contributed by atoms with Crippen LogP contribution in [0.2, 0.25) is 5.15 Å². The van der Waals surface area contributed by atoms with Gasteiger partial charge >= 0.3 is 0 Å². The van der Waals surface area contributed by atoms with Crippen molar-refractivity contribution in [2.24, 2.45) is 7.05 Å². The molecule has 4 heteroatoms. The van der Waals surface area contributed by atoms with E-state index in [-0.39, 0.29) is 5.41 Å². The lowest BCUT2D eigenvalue weighted by Gasteiger charge is -2.07. The van der Waals surface area contributed by atoms with E-state index in [1.165, 1.54) is 0 Å². The van der Waals surface area contributed by atoms with Crippen LogP contribution in [-0.4, -0.2) is 15.8 Å². The molecular weight excluding hydrogens is 176 g/mol. The monoisotopic (exact) mass is 184 g/mol. The SMILES string of the molecule is Cn1cnc(Cl)c1C1(C=O)CC1. The van der Waals surface area contributed by atoms with Crippen molar-refractivity contribution in [2.45, 2.75) is 18.3 Å². The highest BCUT2D eigenvalue weighted by atomic mass is 35.5. The minimum Gasteiger partial charge on any atom is -0.335 e. The highest BCUT2D eigenvalue weighted by molar-refractivity contribution is 6.30. The summed E-state index contributed by atoms with van der Waals surface area (Å²) in [6, 6.07) is 0. The summed E-state index contributed by atoms with van der Waals surface area (Å²) in [6.45, 7) is 0. The molecule has 0 aromatic carbocycles. The Hall–Kier alpha value is -0.830. The van der Waals surface area contributed by atoms with Crippen molar-refractivity contribution in [2.75, 3.05) is 0 Å². The van der Waals surface area contributed by atoms with Crippen LogP contribution in [0, 0.1) is 0 Å². The van der Waals surface area contributed by atoms with E-state index in [9.17, 15) is 4.79 Å². The number of carbonyl (C=O) groups excluding carboxylic acids is 1. The van der Waals surface area contributed by atoms with E-state index in [1.54, 1.807) is 6.33 Å². The molecule has 0 atom stereocenters. The van der Waals surface area contributed by atoms with Gasteiger partial charge in [0.1, 0.15) is 6.29 Å². The van der Waals surface area contributed by atoms with Crippen molar-refractivity contribution >= 4 is 17.9 Å². The van der Waals surface area contributed by atoms with Crippen LogP contribution in [0.15, 0.2) is 6.33 Å². The fraction of sp³-hybridized carbons (Fsp3) is 0.500. The fourth-order valence-electron chi connectivity index (χ4n) is 1.50. The maximum atomic E-state index is 10.8. The summed E-state index contributed by atoms with van der Waals surface area (Å²) in [6.07, 6.45) is 4.42. The van der Waals surface area contributed by atoms with E-state index in [0.717, 1.165) is 24.8 Å². The largest absolute Gasteiger partial charge is 0.335 e.